The van der Waals surface area contributed by atoms with Gasteiger partial charge in [-0.15, -0.1) is 0 Å². The summed E-state index contributed by atoms with van der Waals surface area (Å²) in [5.41, 5.74) is 8.00. The van der Waals surface area contributed by atoms with Crippen LogP contribution in [0.15, 0.2) is 30.6 Å². The van der Waals surface area contributed by atoms with Crippen LogP contribution in [0, 0.1) is 12.7 Å². The summed E-state index contributed by atoms with van der Waals surface area (Å²) in [4.78, 5) is 8.42. The van der Waals surface area contributed by atoms with Crippen LogP contribution in [-0.2, 0) is 0 Å². The summed E-state index contributed by atoms with van der Waals surface area (Å²) in [7, 11) is 0. The summed E-state index contributed by atoms with van der Waals surface area (Å²) in [6, 6.07) is 4.99. The van der Waals surface area contributed by atoms with E-state index in [-0.39, 0.29) is 11.9 Å². The fraction of sp³-hybridized carbons (Fsp3) is 0.286. The van der Waals surface area contributed by atoms with Crippen molar-refractivity contribution in [3.8, 4) is 11.1 Å². The van der Waals surface area contributed by atoms with Gasteiger partial charge in [0.1, 0.15) is 5.82 Å². The molecule has 0 saturated heterocycles. The lowest BCUT2D eigenvalue weighted by Gasteiger charge is -2.08. The van der Waals surface area contributed by atoms with Gasteiger partial charge < -0.3 is 11.1 Å². The summed E-state index contributed by atoms with van der Waals surface area (Å²) in [5, 5.41) is 3.04. The van der Waals surface area contributed by atoms with Crippen molar-refractivity contribution in [2.75, 3.05) is 11.9 Å². The lowest BCUT2D eigenvalue weighted by atomic mass is 10.1. The third kappa shape index (κ3) is 3.48. The van der Waals surface area contributed by atoms with Crippen LogP contribution in [0.5, 0.6) is 0 Å². The van der Waals surface area contributed by atoms with Crippen molar-refractivity contribution in [3.63, 3.8) is 0 Å². The third-order valence-electron chi connectivity index (χ3n) is 2.73. The molecular weight excluding hydrogens is 243 g/mol. The molecule has 0 amide bonds. The number of hydrogen-bond acceptors (Lipinski definition) is 4. The lowest BCUT2D eigenvalue weighted by molar-refractivity contribution is 0.619. The smallest absolute Gasteiger partial charge is 0.222 e. The van der Waals surface area contributed by atoms with Crippen LogP contribution in [0.2, 0.25) is 0 Å². The molecule has 0 saturated carbocycles. The Hall–Kier alpha value is -2.01. The van der Waals surface area contributed by atoms with Gasteiger partial charge >= 0.3 is 0 Å². The zero-order chi connectivity index (χ0) is 13.8. The monoisotopic (exact) mass is 260 g/mol. The molecule has 1 heterocycles. The topological polar surface area (TPSA) is 63.8 Å². The summed E-state index contributed by atoms with van der Waals surface area (Å²) in [5.74, 6) is 0.333. The molecule has 2 aromatic rings. The molecule has 2 rings (SSSR count). The van der Waals surface area contributed by atoms with Crippen LogP contribution in [0.4, 0.5) is 10.3 Å². The fourth-order valence-electron chi connectivity index (χ4n) is 1.64. The van der Waals surface area contributed by atoms with Gasteiger partial charge in [-0.3, -0.25) is 0 Å². The van der Waals surface area contributed by atoms with Crippen LogP contribution in [-0.4, -0.2) is 22.6 Å². The van der Waals surface area contributed by atoms with Crippen LogP contribution in [0.25, 0.3) is 11.1 Å². The van der Waals surface area contributed by atoms with Gasteiger partial charge in [0, 0.05) is 30.5 Å². The average Bonchev–Trinajstić information content (AvgIpc) is 2.40. The molecule has 0 radical (unpaired) electrons. The van der Waals surface area contributed by atoms with E-state index in [9.17, 15) is 4.39 Å². The highest BCUT2D eigenvalue weighted by Gasteiger charge is 2.04. The van der Waals surface area contributed by atoms with Crippen LogP contribution >= 0.6 is 0 Å². The maximum absolute atomic E-state index is 13.2. The van der Waals surface area contributed by atoms with Gasteiger partial charge in [-0.2, -0.15) is 0 Å². The number of hydrogen-bond donors (Lipinski definition) is 2. The highest BCUT2D eigenvalue weighted by atomic mass is 19.1. The summed E-state index contributed by atoms with van der Waals surface area (Å²) < 4.78 is 13.2. The van der Waals surface area contributed by atoms with Gasteiger partial charge in [0.25, 0.3) is 0 Å². The minimum Gasteiger partial charge on any atom is -0.353 e. The standard InChI is InChI=1S/C14H17FN4/c1-9-5-11(3-4-13(9)15)12-7-18-14(19-8-12)17-6-10(2)16/h3-5,7-8,10H,6,16H2,1-2H3,(H,17,18,19). The van der Waals surface area contributed by atoms with E-state index in [1.165, 1.54) is 6.07 Å². The van der Waals surface area contributed by atoms with E-state index in [1.54, 1.807) is 31.5 Å². The predicted octanol–water partition coefficient (Wildman–Crippen LogP) is 2.35. The van der Waals surface area contributed by atoms with Gasteiger partial charge in [0.15, 0.2) is 0 Å². The van der Waals surface area contributed by atoms with Crippen LogP contribution < -0.4 is 11.1 Å². The molecule has 0 aliphatic carbocycles. The molecule has 0 bridgehead atoms. The molecule has 1 aromatic carbocycles. The first-order chi connectivity index (χ1) is 9.06. The lowest BCUT2D eigenvalue weighted by Crippen LogP contribution is -2.25. The molecule has 4 nitrogen and oxygen atoms in total. The molecule has 0 spiro atoms. The number of nitrogens with two attached hydrogens (primary N) is 1. The Labute approximate surface area is 111 Å². The molecule has 19 heavy (non-hydrogen) atoms. The molecule has 1 atom stereocenters. The second-order valence-electron chi connectivity index (χ2n) is 4.62. The average molecular weight is 260 g/mol. The summed E-state index contributed by atoms with van der Waals surface area (Å²) in [6.45, 7) is 4.26. The van der Waals surface area contributed by atoms with Crippen molar-refractivity contribution in [1.82, 2.24) is 9.97 Å². The van der Waals surface area contributed by atoms with Crippen molar-refractivity contribution < 1.29 is 4.39 Å². The Balaban J connectivity index is 2.15. The highest BCUT2D eigenvalue weighted by Crippen LogP contribution is 2.20. The first kappa shape index (κ1) is 13.4. The van der Waals surface area contributed by atoms with Crippen LogP contribution in [0.1, 0.15) is 12.5 Å². The fourth-order valence-corrected chi connectivity index (χ4v) is 1.64. The largest absolute Gasteiger partial charge is 0.353 e. The second-order valence-corrected chi connectivity index (χ2v) is 4.62. The number of nitrogens with zero attached hydrogens (tertiary/aromatic N) is 2. The molecule has 1 unspecified atom stereocenters. The maximum atomic E-state index is 13.2. The molecular formula is C14H17FN4. The van der Waals surface area contributed by atoms with Gasteiger partial charge in [-0.1, -0.05) is 6.07 Å². The first-order valence-corrected chi connectivity index (χ1v) is 6.14. The quantitative estimate of drug-likeness (QED) is 0.885. The third-order valence-corrected chi connectivity index (χ3v) is 2.73. The summed E-state index contributed by atoms with van der Waals surface area (Å²) in [6.07, 6.45) is 3.42. The Morgan fingerprint density at radius 1 is 1.26 bits per heavy atom. The number of rotatable bonds is 4. The second kappa shape index (κ2) is 5.75. The number of halogens is 1. The zero-order valence-corrected chi connectivity index (χ0v) is 11.0. The van der Waals surface area contributed by atoms with Gasteiger partial charge in [0.2, 0.25) is 5.95 Å². The molecule has 1 aromatic heterocycles. The van der Waals surface area contributed by atoms with Crippen LogP contribution in [0.3, 0.4) is 0 Å². The highest BCUT2D eigenvalue weighted by molar-refractivity contribution is 5.62. The van der Waals surface area contributed by atoms with E-state index in [1.807, 2.05) is 6.92 Å². The van der Waals surface area contributed by atoms with Crippen molar-refractivity contribution in [3.05, 3.63) is 42.0 Å². The van der Waals surface area contributed by atoms with E-state index >= 15 is 0 Å². The molecule has 100 valence electrons. The molecule has 0 aliphatic heterocycles. The Morgan fingerprint density at radius 2 is 1.95 bits per heavy atom. The normalized spacial score (nSPS) is 12.2. The number of aryl methyl sites for hydroxylation is 1. The molecule has 5 heteroatoms. The molecule has 3 N–H and O–H groups in total. The maximum Gasteiger partial charge on any atom is 0.222 e. The van der Waals surface area contributed by atoms with Crippen molar-refractivity contribution in [2.45, 2.75) is 19.9 Å². The Bertz CT molecular complexity index is 552. The SMILES string of the molecule is Cc1cc(-c2cnc(NCC(C)N)nc2)ccc1F. The zero-order valence-electron chi connectivity index (χ0n) is 11.0. The number of anilines is 1. The minimum atomic E-state index is -0.208. The number of nitrogens with one attached hydrogen (secondary N) is 1. The first-order valence-electron chi connectivity index (χ1n) is 6.14. The Kier molecular flexibility index (Phi) is 4.06. The Morgan fingerprint density at radius 3 is 2.53 bits per heavy atom. The minimum absolute atomic E-state index is 0.0445. The van der Waals surface area contributed by atoms with Gasteiger partial charge in [0.05, 0.1) is 0 Å². The van der Waals surface area contributed by atoms with Crippen molar-refractivity contribution in [1.29, 1.82) is 0 Å². The predicted molar refractivity (Wildman–Crippen MR) is 74.3 cm³/mol. The van der Waals surface area contributed by atoms with E-state index in [4.69, 9.17) is 5.73 Å². The van der Waals surface area contributed by atoms with E-state index in [0.29, 0.717) is 18.1 Å². The number of aromatic nitrogens is 2. The van der Waals surface area contributed by atoms with Gasteiger partial charge in [-0.05, 0) is 37.1 Å². The van der Waals surface area contributed by atoms with E-state index in [2.05, 4.69) is 15.3 Å². The number of benzene rings is 1. The molecule has 0 aliphatic rings. The van der Waals surface area contributed by atoms with Crippen molar-refractivity contribution in [2.24, 2.45) is 5.73 Å². The summed E-state index contributed by atoms with van der Waals surface area (Å²) >= 11 is 0. The van der Waals surface area contributed by atoms with E-state index < -0.39 is 0 Å². The molecule has 0 fully saturated rings. The van der Waals surface area contributed by atoms with Crippen molar-refractivity contribution >= 4 is 5.95 Å². The van der Waals surface area contributed by atoms with E-state index in [0.717, 1.165) is 11.1 Å². The van der Waals surface area contributed by atoms with Gasteiger partial charge in [-0.25, -0.2) is 14.4 Å².